The number of ether oxygens (including phenoxy) is 1. The summed E-state index contributed by atoms with van der Waals surface area (Å²) in [5.74, 6) is -0.612. The molecular weight excluding hydrogens is 213 g/mol. The van der Waals surface area contributed by atoms with E-state index in [0.717, 1.165) is 0 Å². The molecule has 0 bridgehead atoms. The van der Waals surface area contributed by atoms with E-state index in [9.17, 15) is 9.18 Å². The topological polar surface area (TPSA) is 58.6 Å². The van der Waals surface area contributed by atoms with Crippen LogP contribution in [0.2, 0.25) is 0 Å². The van der Waals surface area contributed by atoms with Crippen LogP contribution in [0.4, 0.5) is 4.39 Å². The number of rotatable bonds is 6. The SMILES string of the molecule is COc1ccc(F)cc1CNCCC(=O)O. The second-order valence-corrected chi connectivity index (χ2v) is 3.28. The van der Waals surface area contributed by atoms with Crippen LogP contribution in [0.1, 0.15) is 12.0 Å². The molecule has 0 unspecified atom stereocenters. The molecule has 0 saturated heterocycles. The van der Waals surface area contributed by atoms with Gasteiger partial charge in [0.25, 0.3) is 0 Å². The van der Waals surface area contributed by atoms with Crippen molar-refractivity contribution in [1.82, 2.24) is 5.32 Å². The molecule has 0 aromatic heterocycles. The molecule has 0 heterocycles. The summed E-state index contributed by atoms with van der Waals surface area (Å²) in [5, 5.41) is 11.3. The van der Waals surface area contributed by atoms with Gasteiger partial charge in [-0.25, -0.2) is 4.39 Å². The first-order chi connectivity index (χ1) is 7.63. The van der Waals surface area contributed by atoms with Gasteiger partial charge in [0.2, 0.25) is 0 Å². The highest BCUT2D eigenvalue weighted by molar-refractivity contribution is 5.66. The lowest BCUT2D eigenvalue weighted by atomic mass is 10.2. The zero-order chi connectivity index (χ0) is 12.0. The Labute approximate surface area is 93.0 Å². The van der Waals surface area contributed by atoms with Crippen molar-refractivity contribution in [1.29, 1.82) is 0 Å². The van der Waals surface area contributed by atoms with E-state index in [1.807, 2.05) is 0 Å². The van der Waals surface area contributed by atoms with E-state index in [4.69, 9.17) is 9.84 Å². The quantitative estimate of drug-likeness (QED) is 0.721. The van der Waals surface area contributed by atoms with E-state index >= 15 is 0 Å². The Hall–Kier alpha value is -1.62. The average Bonchev–Trinajstić information content (AvgIpc) is 2.24. The number of methoxy groups -OCH3 is 1. The molecule has 88 valence electrons. The predicted octanol–water partition coefficient (Wildman–Crippen LogP) is 1.40. The van der Waals surface area contributed by atoms with E-state index < -0.39 is 5.97 Å². The fourth-order valence-corrected chi connectivity index (χ4v) is 1.30. The number of hydrogen-bond donors (Lipinski definition) is 2. The lowest BCUT2D eigenvalue weighted by Gasteiger charge is -2.09. The van der Waals surface area contributed by atoms with Crippen molar-refractivity contribution in [2.45, 2.75) is 13.0 Å². The normalized spacial score (nSPS) is 10.1. The van der Waals surface area contributed by atoms with Gasteiger partial charge in [0.15, 0.2) is 0 Å². The molecule has 0 amide bonds. The number of halogens is 1. The second-order valence-electron chi connectivity index (χ2n) is 3.28. The Morgan fingerprint density at radius 1 is 1.56 bits per heavy atom. The molecule has 1 rings (SSSR count). The Morgan fingerprint density at radius 2 is 2.31 bits per heavy atom. The van der Waals surface area contributed by atoms with Crippen LogP contribution in [0.15, 0.2) is 18.2 Å². The van der Waals surface area contributed by atoms with Crippen LogP contribution in [0.5, 0.6) is 5.75 Å². The van der Waals surface area contributed by atoms with Crippen LogP contribution in [0.3, 0.4) is 0 Å². The van der Waals surface area contributed by atoms with Crippen LogP contribution < -0.4 is 10.1 Å². The maximum Gasteiger partial charge on any atom is 0.304 e. The molecule has 16 heavy (non-hydrogen) atoms. The van der Waals surface area contributed by atoms with Crippen molar-refractivity contribution in [3.05, 3.63) is 29.6 Å². The highest BCUT2D eigenvalue weighted by atomic mass is 19.1. The minimum absolute atomic E-state index is 0.0393. The van der Waals surface area contributed by atoms with Crippen molar-refractivity contribution in [2.75, 3.05) is 13.7 Å². The summed E-state index contributed by atoms with van der Waals surface area (Å²) in [6.07, 6.45) is 0.0393. The van der Waals surface area contributed by atoms with Crippen LogP contribution in [-0.2, 0) is 11.3 Å². The molecule has 0 atom stereocenters. The molecule has 1 aromatic carbocycles. The maximum absolute atomic E-state index is 12.9. The van der Waals surface area contributed by atoms with Gasteiger partial charge in [-0.2, -0.15) is 0 Å². The van der Waals surface area contributed by atoms with Gasteiger partial charge < -0.3 is 15.2 Å². The fourth-order valence-electron chi connectivity index (χ4n) is 1.30. The third-order valence-electron chi connectivity index (χ3n) is 2.07. The van der Waals surface area contributed by atoms with Crippen molar-refractivity contribution in [2.24, 2.45) is 0 Å². The summed E-state index contributed by atoms with van der Waals surface area (Å²) >= 11 is 0. The zero-order valence-electron chi connectivity index (χ0n) is 9.00. The Morgan fingerprint density at radius 3 is 2.94 bits per heavy atom. The molecule has 0 aliphatic rings. The van der Waals surface area contributed by atoms with Gasteiger partial charge in [-0.1, -0.05) is 0 Å². The molecule has 1 aromatic rings. The summed E-state index contributed by atoms with van der Waals surface area (Å²) in [6, 6.07) is 4.23. The maximum atomic E-state index is 12.9. The van der Waals surface area contributed by atoms with Crippen LogP contribution in [0, 0.1) is 5.82 Å². The monoisotopic (exact) mass is 227 g/mol. The van der Waals surface area contributed by atoms with Crippen molar-refractivity contribution in [3.63, 3.8) is 0 Å². The highest BCUT2D eigenvalue weighted by Gasteiger charge is 2.04. The number of benzene rings is 1. The first-order valence-electron chi connectivity index (χ1n) is 4.88. The molecule has 2 N–H and O–H groups in total. The van der Waals surface area contributed by atoms with Gasteiger partial charge in [-0.05, 0) is 18.2 Å². The van der Waals surface area contributed by atoms with Gasteiger partial charge in [-0.3, -0.25) is 4.79 Å². The van der Waals surface area contributed by atoms with Gasteiger partial charge in [0.05, 0.1) is 13.5 Å². The lowest BCUT2D eigenvalue weighted by Crippen LogP contribution is -2.18. The van der Waals surface area contributed by atoms with Crippen LogP contribution in [-0.4, -0.2) is 24.7 Å². The van der Waals surface area contributed by atoms with Crippen LogP contribution >= 0.6 is 0 Å². The average molecular weight is 227 g/mol. The molecule has 0 spiro atoms. The zero-order valence-corrected chi connectivity index (χ0v) is 9.00. The fraction of sp³-hybridized carbons (Fsp3) is 0.364. The molecule has 0 fully saturated rings. The van der Waals surface area contributed by atoms with E-state index in [-0.39, 0.29) is 12.2 Å². The number of carboxylic acids is 1. The van der Waals surface area contributed by atoms with Crippen molar-refractivity contribution in [3.8, 4) is 5.75 Å². The number of carbonyl (C=O) groups is 1. The largest absolute Gasteiger partial charge is 0.496 e. The van der Waals surface area contributed by atoms with E-state index in [2.05, 4.69) is 5.32 Å². The summed E-state index contributed by atoms with van der Waals surface area (Å²) < 4.78 is 18.0. The highest BCUT2D eigenvalue weighted by Crippen LogP contribution is 2.18. The summed E-state index contributed by atoms with van der Waals surface area (Å²) in [4.78, 5) is 10.3. The summed E-state index contributed by atoms with van der Waals surface area (Å²) in [7, 11) is 1.51. The molecule has 0 aliphatic heterocycles. The summed E-state index contributed by atoms with van der Waals surface area (Å²) in [6.45, 7) is 0.725. The van der Waals surface area contributed by atoms with Crippen molar-refractivity contribution >= 4 is 5.97 Å². The predicted molar refractivity (Wildman–Crippen MR) is 56.9 cm³/mol. The van der Waals surface area contributed by atoms with E-state index in [1.54, 1.807) is 6.07 Å². The minimum Gasteiger partial charge on any atom is -0.496 e. The number of aliphatic carboxylic acids is 1. The van der Waals surface area contributed by atoms with Gasteiger partial charge in [-0.15, -0.1) is 0 Å². The molecule has 0 aliphatic carbocycles. The molecule has 4 nitrogen and oxygen atoms in total. The summed E-state index contributed by atoms with van der Waals surface area (Å²) in [5.41, 5.74) is 0.674. The van der Waals surface area contributed by atoms with Crippen LogP contribution in [0.25, 0.3) is 0 Å². The third kappa shape index (κ3) is 3.86. The van der Waals surface area contributed by atoms with Gasteiger partial charge >= 0.3 is 5.97 Å². The molecular formula is C11H14FNO3. The minimum atomic E-state index is -0.862. The van der Waals surface area contributed by atoms with Crippen molar-refractivity contribution < 1.29 is 19.0 Å². The number of nitrogens with one attached hydrogen (secondary N) is 1. The van der Waals surface area contributed by atoms with E-state index in [1.165, 1.54) is 19.2 Å². The Balaban J connectivity index is 2.51. The Bertz CT molecular complexity index is 368. The number of carboxylic acid groups (broad SMARTS) is 1. The Kier molecular flexibility index (Phi) is 4.72. The molecule has 0 saturated carbocycles. The van der Waals surface area contributed by atoms with Gasteiger partial charge in [0, 0.05) is 18.7 Å². The number of hydrogen-bond acceptors (Lipinski definition) is 3. The van der Waals surface area contributed by atoms with E-state index in [0.29, 0.717) is 24.4 Å². The smallest absolute Gasteiger partial charge is 0.304 e. The standard InChI is InChI=1S/C11H14FNO3/c1-16-10-3-2-9(12)6-8(10)7-13-5-4-11(14)15/h2-3,6,13H,4-5,7H2,1H3,(H,14,15). The third-order valence-corrected chi connectivity index (χ3v) is 2.07. The molecule has 5 heteroatoms. The van der Waals surface area contributed by atoms with Gasteiger partial charge in [0.1, 0.15) is 11.6 Å². The second kappa shape index (κ2) is 6.07. The first-order valence-corrected chi connectivity index (χ1v) is 4.88. The first kappa shape index (κ1) is 12.4. The lowest BCUT2D eigenvalue weighted by molar-refractivity contribution is -0.136. The molecule has 0 radical (unpaired) electrons.